The van der Waals surface area contributed by atoms with E-state index in [1.165, 1.54) is 11.8 Å². The van der Waals surface area contributed by atoms with E-state index in [2.05, 4.69) is 0 Å². The molecule has 1 atom stereocenters. The summed E-state index contributed by atoms with van der Waals surface area (Å²) in [7, 11) is 0. The summed E-state index contributed by atoms with van der Waals surface area (Å²) < 4.78 is 5.20. The highest BCUT2D eigenvalue weighted by atomic mass is 32.2. The molecule has 1 aliphatic rings. The maximum atomic E-state index is 12.0. The molecule has 1 unspecified atom stereocenters. The zero-order valence-corrected chi connectivity index (χ0v) is 11.4. The molecule has 0 saturated carbocycles. The van der Waals surface area contributed by atoms with Crippen molar-refractivity contribution in [1.29, 1.82) is 0 Å². The number of morpholine rings is 1. The molecule has 0 bridgehead atoms. The molecule has 1 aliphatic heterocycles. The summed E-state index contributed by atoms with van der Waals surface area (Å²) in [6.45, 7) is 1.10. The monoisotopic (exact) mass is 290 g/mol. The van der Waals surface area contributed by atoms with E-state index in [4.69, 9.17) is 15.6 Å². The van der Waals surface area contributed by atoms with Crippen molar-refractivity contribution in [3.63, 3.8) is 0 Å². The Balaban J connectivity index is 2.38. The van der Waals surface area contributed by atoms with Crippen LogP contribution in [0.25, 0.3) is 0 Å². The molecule has 0 radical (unpaired) electrons. The van der Waals surface area contributed by atoms with Crippen molar-refractivity contribution in [1.82, 2.24) is 4.90 Å². The van der Waals surface area contributed by atoms with Crippen LogP contribution in [0.1, 0.15) is 12.8 Å². The second-order valence-corrected chi connectivity index (χ2v) is 5.29. The number of carboxylic acids is 1. The molecule has 3 N–H and O–H groups in total. The first-order valence-electron chi connectivity index (χ1n) is 5.95. The van der Waals surface area contributed by atoms with E-state index >= 15 is 0 Å². The largest absolute Gasteiger partial charge is 0.481 e. The highest BCUT2D eigenvalue weighted by Crippen LogP contribution is 2.13. The van der Waals surface area contributed by atoms with Gasteiger partial charge in [-0.3, -0.25) is 14.4 Å². The summed E-state index contributed by atoms with van der Waals surface area (Å²) in [6, 6.07) is -0.403. The predicted octanol–water partition coefficient (Wildman–Crippen LogP) is -0.703. The number of rotatable bonds is 7. The normalized spacial score (nSPS) is 19.2. The number of carboxylic acid groups (broad SMARTS) is 1. The smallest absolute Gasteiger partial charge is 0.305 e. The number of primary amides is 1. The molecule has 0 aromatic heterocycles. The van der Waals surface area contributed by atoms with Crippen LogP contribution < -0.4 is 5.73 Å². The third kappa shape index (κ3) is 5.93. The molecule has 0 spiro atoms. The van der Waals surface area contributed by atoms with Crippen LogP contribution in [0, 0.1) is 0 Å². The number of nitrogens with two attached hydrogens (primary N) is 1. The van der Waals surface area contributed by atoms with Crippen LogP contribution >= 0.6 is 11.8 Å². The number of nitrogens with zero attached hydrogens (tertiary/aromatic N) is 1. The van der Waals surface area contributed by atoms with Gasteiger partial charge in [-0.1, -0.05) is 0 Å². The zero-order chi connectivity index (χ0) is 14.3. The average Bonchev–Trinajstić information content (AvgIpc) is 2.34. The minimum absolute atomic E-state index is 0.105. The topological polar surface area (TPSA) is 110 Å². The van der Waals surface area contributed by atoms with Crippen LogP contribution in [-0.2, 0) is 19.1 Å². The Morgan fingerprint density at radius 2 is 2.16 bits per heavy atom. The average molecular weight is 290 g/mol. The predicted molar refractivity (Wildman–Crippen MR) is 69.7 cm³/mol. The Bertz CT molecular complexity index is 350. The summed E-state index contributed by atoms with van der Waals surface area (Å²) in [4.78, 5) is 34.8. The number of hydrogen-bond donors (Lipinski definition) is 2. The number of ether oxygens (including phenoxy) is 1. The van der Waals surface area contributed by atoms with Crippen molar-refractivity contribution in [2.45, 2.75) is 18.9 Å². The summed E-state index contributed by atoms with van der Waals surface area (Å²) in [6.07, 6.45) is 0.161. The number of carbonyl (C=O) groups is 3. The quantitative estimate of drug-likeness (QED) is 0.600. The van der Waals surface area contributed by atoms with Crippen molar-refractivity contribution < 1.29 is 24.2 Å². The molecule has 7 nitrogen and oxygen atoms in total. The lowest BCUT2D eigenvalue weighted by Gasteiger charge is -2.34. The van der Waals surface area contributed by atoms with Crippen molar-refractivity contribution in [2.75, 3.05) is 31.3 Å². The number of hydrogen-bond acceptors (Lipinski definition) is 5. The van der Waals surface area contributed by atoms with Gasteiger partial charge in [0, 0.05) is 18.7 Å². The Kier molecular flexibility index (Phi) is 6.65. The summed E-state index contributed by atoms with van der Waals surface area (Å²) in [5.74, 6) is -0.774. The molecule has 1 fully saturated rings. The van der Waals surface area contributed by atoms with Crippen LogP contribution in [0.4, 0.5) is 0 Å². The van der Waals surface area contributed by atoms with E-state index < -0.39 is 17.9 Å². The maximum Gasteiger partial charge on any atom is 0.305 e. The Labute approximate surface area is 115 Å². The minimum atomic E-state index is -0.948. The summed E-state index contributed by atoms with van der Waals surface area (Å²) in [5, 5.41) is 8.79. The number of aliphatic carboxylic acids is 1. The van der Waals surface area contributed by atoms with Crippen molar-refractivity contribution in [3.8, 4) is 0 Å². The molecule has 0 aromatic carbocycles. The molecule has 0 aliphatic carbocycles. The molecule has 8 heteroatoms. The van der Waals surface area contributed by atoms with Crippen LogP contribution in [0.3, 0.4) is 0 Å². The lowest BCUT2D eigenvalue weighted by atomic mass is 10.1. The highest BCUT2D eigenvalue weighted by Gasteiger charge is 2.28. The second-order valence-electron chi connectivity index (χ2n) is 4.18. The molecule has 108 valence electrons. The van der Waals surface area contributed by atoms with E-state index in [9.17, 15) is 14.4 Å². The Hall–Kier alpha value is -1.28. The molecule has 1 rings (SSSR count). The SMILES string of the molecule is NC(=O)CSCCC(=O)N1CCOCC1CC(=O)O. The van der Waals surface area contributed by atoms with Gasteiger partial charge in [0.2, 0.25) is 11.8 Å². The Morgan fingerprint density at radius 3 is 2.79 bits per heavy atom. The van der Waals surface area contributed by atoms with Gasteiger partial charge in [-0.2, -0.15) is 11.8 Å². The van der Waals surface area contributed by atoms with E-state index in [0.717, 1.165) is 0 Å². The standard InChI is InChI=1S/C11H18N2O5S/c12-9(14)7-19-4-1-10(15)13-2-3-18-6-8(13)5-11(16)17/h8H,1-7H2,(H2,12,14)(H,16,17). The molecular weight excluding hydrogens is 272 g/mol. The molecular formula is C11H18N2O5S. The number of carbonyl (C=O) groups excluding carboxylic acids is 2. The third-order valence-corrected chi connectivity index (χ3v) is 3.64. The maximum absolute atomic E-state index is 12.0. The van der Waals surface area contributed by atoms with E-state index in [0.29, 0.717) is 18.9 Å². The van der Waals surface area contributed by atoms with E-state index in [1.807, 2.05) is 0 Å². The van der Waals surface area contributed by atoms with Crippen LogP contribution in [-0.4, -0.2) is 65.1 Å². The summed E-state index contributed by atoms with van der Waals surface area (Å²) >= 11 is 1.30. The molecule has 19 heavy (non-hydrogen) atoms. The van der Waals surface area contributed by atoms with Gasteiger partial charge < -0.3 is 20.5 Å². The Morgan fingerprint density at radius 1 is 1.42 bits per heavy atom. The fourth-order valence-electron chi connectivity index (χ4n) is 1.83. The fraction of sp³-hybridized carbons (Fsp3) is 0.727. The van der Waals surface area contributed by atoms with Gasteiger partial charge >= 0.3 is 5.97 Å². The lowest BCUT2D eigenvalue weighted by molar-refractivity contribution is -0.146. The molecule has 1 saturated heterocycles. The van der Waals surface area contributed by atoms with Crippen molar-refractivity contribution in [3.05, 3.63) is 0 Å². The van der Waals surface area contributed by atoms with Crippen LogP contribution in [0.2, 0.25) is 0 Å². The van der Waals surface area contributed by atoms with Crippen molar-refractivity contribution >= 4 is 29.5 Å². The minimum Gasteiger partial charge on any atom is -0.481 e. The van der Waals surface area contributed by atoms with Gasteiger partial charge in [-0.15, -0.1) is 0 Å². The first-order chi connectivity index (χ1) is 9.00. The van der Waals surface area contributed by atoms with Crippen LogP contribution in [0.15, 0.2) is 0 Å². The van der Waals surface area contributed by atoms with Gasteiger partial charge in [-0.25, -0.2) is 0 Å². The molecule has 1 heterocycles. The van der Waals surface area contributed by atoms with Crippen LogP contribution in [0.5, 0.6) is 0 Å². The van der Waals surface area contributed by atoms with Gasteiger partial charge in [0.1, 0.15) is 0 Å². The van der Waals surface area contributed by atoms with Gasteiger partial charge in [0.15, 0.2) is 0 Å². The van der Waals surface area contributed by atoms with E-state index in [-0.39, 0.29) is 31.1 Å². The van der Waals surface area contributed by atoms with Gasteiger partial charge in [0.05, 0.1) is 31.4 Å². The zero-order valence-electron chi connectivity index (χ0n) is 10.5. The summed E-state index contributed by atoms with van der Waals surface area (Å²) in [5.41, 5.74) is 4.99. The third-order valence-electron chi connectivity index (χ3n) is 2.66. The molecule has 0 aromatic rings. The first kappa shape index (κ1) is 15.8. The number of amides is 2. The lowest BCUT2D eigenvalue weighted by Crippen LogP contribution is -2.49. The van der Waals surface area contributed by atoms with Gasteiger partial charge in [0.25, 0.3) is 0 Å². The molecule has 2 amide bonds. The first-order valence-corrected chi connectivity index (χ1v) is 7.11. The number of thioether (sulfide) groups is 1. The fourth-order valence-corrected chi connectivity index (χ4v) is 2.49. The second kappa shape index (κ2) is 8.00. The van der Waals surface area contributed by atoms with E-state index in [1.54, 1.807) is 4.90 Å². The van der Waals surface area contributed by atoms with Gasteiger partial charge in [-0.05, 0) is 0 Å². The highest BCUT2D eigenvalue weighted by molar-refractivity contribution is 7.99. The van der Waals surface area contributed by atoms with Crippen molar-refractivity contribution in [2.24, 2.45) is 5.73 Å².